The van der Waals surface area contributed by atoms with Gasteiger partial charge < -0.3 is 19.7 Å². The van der Waals surface area contributed by atoms with Gasteiger partial charge in [0.2, 0.25) is 0 Å². The van der Waals surface area contributed by atoms with Crippen molar-refractivity contribution in [2.75, 3.05) is 13.2 Å². The van der Waals surface area contributed by atoms with Crippen LogP contribution >= 0.6 is 0 Å². The summed E-state index contributed by atoms with van der Waals surface area (Å²) in [5, 5.41) is 20.0. The first-order valence-corrected chi connectivity index (χ1v) is 20.2. The third kappa shape index (κ3) is 31.5. The van der Waals surface area contributed by atoms with Crippen LogP contribution in [-0.4, -0.2) is 47.6 Å². The molecule has 0 aromatic rings. The van der Waals surface area contributed by atoms with Crippen LogP contribution in [-0.2, 0) is 19.1 Å². The minimum atomic E-state index is -1.90. The third-order valence-corrected chi connectivity index (χ3v) is 9.27. The molecule has 0 rings (SSSR count). The summed E-state index contributed by atoms with van der Waals surface area (Å²) < 4.78 is 10.2. The van der Waals surface area contributed by atoms with Gasteiger partial charge in [0.25, 0.3) is 0 Å². The van der Waals surface area contributed by atoms with Crippen molar-refractivity contribution in [3.05, 3.63) is 0 Å². The maximum Gasteiger partial charge on any atom is 0.338 e. The fourth-order valence-corrected chi connectivity index (χ4v) is 6.07. The van der Waals surface area contributed by atoms with E-state index in [2.05, 4.69) is 13.8 Å². The number of unbranched alkanes of at least 4 members (excludes halogenated alkanes) is 30. The molecule has 0 fully saturated rings. The van der Waals surface area contributed by atoms with Crippen molar-refractivity contribution in [1.29, 1.82) is 0 Å². The van der Waals surface area contributed by atoms with Crippen LogP contribution in [0, 0.1) is 0 Å². The standard InChI is InChI=1S/C40H78O6/c1-3-5-7-9-11-13-15-17-19-21-23-25-27-29-31-33-35-45-39(43)37(41)38(42)40(44)46-36-34-32-30-28-26-24-22-20-18-16-14-12-10-8-6-4-2/h37-38,41-42H,3-36H2,1-2H3. The van der Waals surface area contributed by atoms with Crippen LogP contribution in [0.1, 0.15) is 219 Å². The van der Waals surface area contributed by atoms with Crippen LogP contribution in [0.3, 0.4) is 0 Å². The lowest BCUT2D eigenvalue weighted by Crippen LogP contribution is -2.41. The van der Waals surface area contributed by atoms with E-state index in [0.717, 1.165) is 38.5 Å². The Bertz CT molecular complexity index is 585. The van der Waals surface area contributed by atoms with Gasteiger partial charge in [-0.2, -0.15) is 0 Å². The summed E-state index contributed by atoms with van der Waals surface area (Å²) in [7, 11) is 0. The van der Waals surface area contributed by atoms with Gasteiger partial charge >= 0.3 is 11.9 Å². The maximum atomic E-state index is 12.0. The summed E-state index contributed by atoms with van der Waals surface area (Å²) in [6.45, 7) is 4.91. The quantitative estimate of drug-likeness (QED) is 0.0511. The van der Waals surface area contributed by atoms with Crippen LogP contribution in [0.4, 0.5) is 0 Å². The van der Waals surface area contributed by atoms with E-state index < -0.39 is 24.1 Å². The largest absolute Gasteiger partial charge is 0.464 e. The molecule has 0 aromatic carbocycles. The van der Waals surface area contributed by atoms with E-state index in [1.807, 2.05) is 0 Å². The van der Waals surface area contributed by atoms with Crippen molar-refractivity contribution in [1.82, 2.24) is 0 Å². The normalized spacial score (nSPS) is 12.7. The zero-order valence-corrected chi connectivity index (χ0v) is 30.7. The van der Waals surface area contributed by atoms with E-state index in [9.17, 15) is 19.8 Å². The molecule has 2 N–H and O–H groups in total. The second-order valence-electron chi connectivity index (χ2n) is 13.8. The fraction of sp³-hybridized carbons (Fsp3) is 0.950. The SMILES string of the molecule is CCCCCCCCCCCCCCCCCCOC(=O)C(O)C(O)C(=O)OCCCCCCCCCCCCCCCCCC. The van der Waals surface area contributed by atoms with Crippen LogP contribution in [0.25, 0.3) is 0 Å². The number of aliphatic hydroxyl groups excluding tert-OH is 2. The monoisotopic (exact) mass is 655 g/mol. The van der Waals surface area contributed by atoms with E-state index in [0.29, 0.717) is 0 Å². The number of esters is 2. The Kier molecular flexibility index (Phi) is 35.8. The highest BCUT2D eigenvalue weighted by molar-refractivity contribution is 5.85. The topological polar surface area (TPSA) is 93.1 Å². The van der Waals surface area contributed by atoms with E-state index in [4.69, 9.17) is 9.47 Å². The van der Waals surface area contributed by atoms with Crippen molar-refractivity contribution >= 4 is 11.9 Å². The van der Waals surface area contributed by atoms with E-state index in [1.54, 1.807) is 0 Å². The lowest BCUT2D eigenvalue weighted by Gasteiger charge is -2.16. The van der Waals surface area contributed by atoms with Gasteiger partial charge in [0, 0.05) is 0 Å². The van der Waals surface area contributed by atoms with E-state index in [1.165, 1.54) is 167 Å². The Balaban J connectivity index is 3.50. The fourth-order valence-electron chi connectivity index (χ4n) is 6.07. The van der Waals surface area contributed by atoms with Crippen molar-refractivity contribution < 1.29 is 29.3 Å². The second kappa shape index (κ2) is 36.7. The summed E-state index contributed by atoms with van der Waals surface area (Å²) in [6, 6.07) is 0. The first-order valence-electron chi connectivity index (χ1n) is 20.2. The molecule has 6 nitrogen and oxygen atoms in total. The van der Waals surface area contributed by atoms with Gasteiger partial charge in [-0.1, -0.05) is 206 Å². The summed E-state index contributed by atoms with van der Waals surface area (Å²) in [5.41, 5.74) is 0. The number of hydrogen-bond acceptors (Lipinski definition) is 6. The Morgan fingerprint density at radius 2 is 0.522 bits per heavy atom. The first-order chi connectivity index (χ1) is 22.5. The Hall–Kier alpha value is -1.14. The van der Waals surface area contributed by atoms with Gasteiger partial charge in [-0.3, -0.25) is 0 Å². The zero-order chi connectivity index (χ0) is 33.8. The van der Waals surface area contributed by atoms with Crippen molar-refractivity contribution in [3.8, 4) is 0 Å². The van der Waals surface area contributed by atoms with Gasteiger partial charge in [-0.25, -0.2) is 9.59 Å². The minimum absolute atomic E-state index is 0.190. The number of carbonyl (C=O) groups excluding carboxylic acids is 2. The summed E-state index contributed by atoms with van der Waals surface area (Å²) in [5.74, 6) is -1.93. The van der Waals surface area contributed by atoms with Crippen LogP contribution in [0.5, 0.6) is 0 Å². The molecular weight excluding hydrogens is 576 g/mol. The lowest BCUT2D eigenvalue weighted by atomic mass is 10.0. The minimum Gasteiger partial charge on any atom is -0.464 e. The predicted octanol–water partition coefficient (Wildman–Crippen LogP) is 11.3. The summed E-state index contributed by atoms with van der Waals surface area (Å²) >= 11 is 0. The molecule has 0 spiro atoms. The number of ether oxygens (including phenoxy) is 2. The molecule has 0 aromatic heterocycles. The van der Waals surface area contributed by atoms with E-state index in [-0.39, 0.29) is 13.2 Å². The van der Waals surface area contributed by atoms with Crippen molar-refractivity contribution in [2.24, 2.45) is 0 Å². The highest BCUT2D eigenvalue weighted by Gasteiger charge is 2.32. The zero-order valence-electron chi connectivity index (χ0n) is 30.7. The molecule has 2 atom stereocenters. The van der Waals surface area contributed by atoms with Gasteiger partial charge in [0.05, 0.1) is 13.2 Å². The molecule has 2 unspecified atom stereocenters. The second-order valence-corrected chi connectivity index (χ2v) is 13.8. The molecular formula is C40H78O6. The van der Waals surface area contributed by atoms with Crippen molar-refractivity contribution in [3.63, 3.8) is 0 Å². The molecule has 0 saturated carbocycles. The molecule has 0 bridgehead atoms. The Morgan fingerprint density at radius 3 is 0.717 bits per heavy atom. The smallest absolute Gasteiger partial charge is 0.338 e. The third-order valence-electron chi connectivity index (χ3n) is 9.27. The molecule has 0 heterocycles. The van der Waals surface area contributed by atoms with Crippen LogP contribution in [0.15, 0.2) is 0 Å². The lowest BCUT2D eigenvalue weighted by molar-refractivity contribution is -0.173. The highest BCUT2D eigenvalue weighted by Crippen LogP contribution is 2.15. The Morgan fingerprint density at radius 1 is 0.348 bits per heavy atom. The first kappa shape index (κ1) is 44.9. The van der Waals surface area contributed by atoms with Gasteiger partial charge in [-0.05, 0) is 12.8 Å². The van der Waals surface area contributed by atoms with E-state index >= 15 is 0 Å². The molecule has 46 heavy (non-hydrogen) atoms. The average molecular weight is 655 g/mol. The molecule has 0 aliphatic rings. The Labute approximate surface area is 285 Å². The molecule has 0 amide bonds. The predicted molar refractivity (Wildman–Crippen MR) is 193 cm³/mol. The van der Waals surface area contributed by atoms with Crippen LogP contribution in [0.2, 0.25) is 0 Å². The molecule has 0 aliphatic carbocycles. The van der Waals surface area contributed by atoms with Crippen LogP contribution < -0.4 is 0 Å². The summed E-state index contributed by atoms with van der Waals surface area (Å²) in [6.07, 6.45) is 36.8. The average Bonchev–Trinajstić information content (AvgIpc) is 3.06. The van der Waals surface area contributed by atoms with Gasteiger partial charge in [0.15, 0.2) is 12.2 Å². The molecule has 6 heteroatoms. The molecule has 0 radical (unpaired) electrons. The molecule has 274 valence electrons. The molecule has 0 saturated heterocycles. The van der Waals surface area contributed by atoms with Crippen molar-refractivity contribution in [2.45, 2.75) is 232 Å². The number of rotatable bonds is 37. The number of carbonyl (C=O) groups is 2. The number of aliphatic hydroxyl groups is 2. The highest BCUT2D eigenvalue weighted by atomic mass is 16.6. The summed E-state index contributed by atoms with van der Waals surface area (Å²) in [4.78, 5) is 24.1. The van der Waals surface area contributed by atoms with Gasteiger partial charge in [0.1, 0.15) is 0 Å². The van der Waals surface area contributed by atoms with Gasteiger partial charge in [-0.15, -0.1) is 0 Å². The maximum absolute atomic E-state index is 12.0. The number of hydrogen-bond donors (Lipinski definition) is 2. The molecule has 0 aliphatic heterocycles.